The van der Waals surface area contributed by atoms with Gasteiger partial charge in [0.2, 0.25) is 0 Å². The van der Waals surface area contributed by atoms with Crippen LogP contribution in [0.4, 0.5) is 0 Å². The number of carbonyl (C=O) groups is 2. The van der Waals surface area contributed by atoms with Crippen LogP contribution in [0.5, 0.6) is 0 Å². The molecule has 0 aromatic heterocycles. The van der Waals surface area contributed by atoms with E-state index >= 15 is 0 Å². The first-order valence-electron chi connectivity index (χ1n) is 15.1. The maximum Gasteiger partial charge on any atom is 0.306 e. The monoisotopic (exact) mass is 478 g/mol. The summed E-state index contributed by atoms with van der Waals surface area (Å²) in [6, 6.07) is 0. The van der Waals surface area contributed by atoms with E-state index in [-0.39, 0.29) is 24.8 Å². The molecular formula is C30H54O4. The lowest BCUT2D eigenvalue weighted by atomic mass is 9.93. The van der Waals surface area contributed by atoms with Gasteiger partial charge in [-0.3, -0.25) is 9.59 Å². The summed E-state index contributed by atoms with van der Waals surface area (Å²) in [6.45, 7) is 1.05. The first kappa shape index (κ1) is 29.2. The Bertz CT molecular complexity index is 448. The normalized spacial score (nSPS) is 21.8. The molecule has 4 heteroatoms. The molecule has 0 unspecified atom stereocenters. The number of esters is 2. The molecule has 0 aromatic rings. The van der Waals surface area contributed by atoms with E-state index in [0.717, 1.165) is 25.7 Å². The molecule has 0 spiro atoms. The molecule has 0 atom stereocenters. The molecule has 0 heterocycles. The predicted octanol–water partition coefficient (Wildman–Crippen LogP) is 8.69. The lowest BCUT2D eigenvalue weighted by molar-refractivity contribution is -0.152. The Balaban J connectivity index is 1.59. The fraction of sp³-hybridized carbons (Fsp3) is 0.933. The Labute approximate surface area is 210 Å². The molecule has 0 bridgehead atoms. The third kappa shape index (κ3) is 15.8. The molecule has 0 aliphatic heterocycles. The molecule has 34 heavy (non-hydrogen) atoms. The Morgan fingerprint density at radius 2 is 0.647 bits per heavy atom. The van der Waals surface area contributed by atoms with Gasteiger partial charge in [0.15, 0.2) is 0 Å². The van der Waals surface area contributed by atoms with Crippen LogP contribution < -0.4 is 0 Å². The van der Waals surface area contributed by atoms with Crippen LogP contribution in [0, 0.1) is 11.8 Å². The second kappa shape index (κ2) is 20.2. The molecule has 2 saturated carbocycles. The molecule has 4 nitrogen and oxygen atoms in total. The topological polar surface area (TPSA) is 52.6 Å². The SMILES string of the molecule is O=C(CCC(=O)OCC1CCCCCCCCCCC1)OCC1CCCCCCCCCCC1. The lowest BCUT2D eigenvalue weighted by Crippen LogP contribution is -2.18. The van der Waals surface area contributed by atoms with E-state index in [0.29, 0.717) is 25.0 Å². The van der Waals surface area contributed by atoms with Gasteiger partial charge in [-0.15, -0.1) is 0 Å². The number of hydrogen-bond donors (Lipinski definition) is 0. The van der Waals surface area contributed by atoms with Crippen LogP contribution in [0.25, 0.3) is 0 Å². The Morgan fingerprint density at radius 1 is 0.412 bits per heavy atom. The summed E-state index contributed by atoms with van der Waals surface area (Å²) in [7, 11) is 0. The van der Waals surface area contributed by atoms with Gasteiger partial charge in [0.25, 0.3) is 0 Å². The zero-order valence-electron chi connectivity index (χ0n) is 22.2. The zero-order chi connectivity index (χ0) is 24.1. The summed E-state index contributed by atoms with van der Waals surface area (Å²) in [6.07, 6.45) is 28.8. The van der Waals surface area contributed by atoms with E-state index in [1.54, 1.807) is 0 Å². The summed E-state index contributed by atoms with van der Waals surface area (Å²) >= 11 is 0. The van der Waals surface area contributed by atoms with Gasteiger partial charge in [0.05, 0.1) is 26.1 Å². The lowest BCUT2D eigenvalue weighted by Gasteiger charge is -2.18. The van der Waals surface area contributed by atoms with Crippen molar-refractivity contribution in [3.8, 4) is 0 Å². The highest BCUT2D eigenvalue weighted by Crippen LogP contribution is 2.23. The Kier molecular flexibility index (Phi) is 17.3. The zero-order valence-corrected chi connectivity index (χ0v) is 22.2. The van der Waals surface area contributed by atoms with Crippen molar-refractivity contribution in [1.82, 2.24) is 0 Å². The van der Waals surface area contributed by atoms with E-state index in [9.17, 15) is 9.59 Å². The van der Waals surface area contributed by atoms with E-state index in [1.165, 1.54) is 116 Å². The van der Waals surface area contributed by atoms with E-state index in [4.69, 9.17) is 9.47 Å². The van der Waals surface area contributed by atoms with Gasteiger partial charge in [-0.1, -0.05) is 116 Å². The van der Waals surface area contributed by atoms with Crippen molar-refractivity contribution in [2.45, 2.75) is 154 Å². The van der Waals surface area contributed by atoms with Crippen molar-refractivity contribution in [3.63, 3.8) is 0 Å². The molecule has 0 N–H and O–H groups in total. The van der Waals surface area contributed by atoms with E-state index in [2.05, 4.69) is 0 Å². The average Bonchev–Trinajstić information content (AvgIpc) is 2.82. The van der Waals surface area contributed by atoms with Crippen LogP contribution >= 0.6 is 0 Å². The largest absolute Gasteiger partial charge is 0.465 e. The number of carbonyl (C=O) groups excluding carboxylic acids is 2. The first-order chi connectivity index (χ1) is 16.7. The van der Waals surface area contributed by atoms with Crippen LogP contribution in [-0.4, -0.2) is 25.2 Å². The summed E-state index contributed by atoms with van der Waals surface area (Å²) in [5, 5.41) is 0. The van der Waals surface area contributed by atoms with Crippen LogP contribution in [0.1, 0.15) is 154 Å². The smallest absolute Gasteiger partial charge is 0.306 e. The quantitative estimate of drug-likeness (QED) is 0.343. The van der Waals surface area contributed by atoms with Gasteiger partial charge < -0.3 is 9.47 Å². The van der Waals surface area contributed by atoms with Crippen LogP contribution in [0.15, 0.2) is 0 Å². The molecule has 2 rings (SSSR count). The van der Waals surface area contributed by atoms with Crippen molar-refractivity contribution in [2.24, 2.45) is 11.8 Å². The molecule has 0 radical (unpaired) electrons. The summed E-state index contributed by atoms with van der Waals surface area (Å²) in [4.78, 5) is 24.5. The molecule has 2 aliphatic rings. The van der Waals surface area contributed by atoms with E-state index < -0.39 is 0 Å². The minimum absolute atomic E-state index is 0.149. The van der Waals surface area contributed by atoms with Crippen molar-refractivity contribution in [1.29, 1.82) is 0 Å². The van der Waals surface area contributed by atoms with Crippen molar-refractivity contribution in [3.05, 3.63) is 0 Å². The maximum absolute atomic E-state index is 12.3. The van der Waals surface area contributed by atoms with Crippen molar-refractivity contribution < 1.29 is 19.1 Å². The van der Waals surface area contributed by atoms with Gasteiger partial charge in [-0.05, 0) is 37.5 Å². The number of rotatable bonds is 7. The Hall–Kier alpha value is -1.06. The van der Waals surface area contributed by atoms with Gasteiger partial charge >= 0.3 is 11.9 Å². The van der Waals surface area contributed by atoms with Crippen LogP contribution in [0.3, 0.4) is 0 Å². The van der Waals surface area contributed by atoms with Crippen molar-refractivity contribution in [2.75, 3.05) is 13.2 Å². The molecule has 198 valence electrons. The van der Waals surface area contributed by atoms with Crippen molar-refractivity contribution >= 4 is 11.9 Å². The van der Waals surface area contributed by atoms with Crippen LogP contribution in [-0.2, 0) is 19.1 Å². The molecule has 0 amide bonds. The fourth-order valence-electron chi connectivity index (χ4n) is 5.60. The summed E-state index contributed by atoms with van der Waals surface area (Å²) in [5.74, 6) is 0.482. The standard InChI is InChI=1S/C30H54O4/c31-29(33-25-27-19-15-11-7-3-1-4-8-12-16-20-27)23-24-30(32)34-26-28-21-17-13-9-5-2-6-10-14-18-22-28/h27-28H,1-26H2. The second-order valence-corrected chi connectivity index (χ2v) is 11.1. The molecule has 0 saturated heterocycles. The minimum Gasteiger partial charge on any atom is -0.465 e. The molecule has 0 aromatic carbocycles. The third-order valence-corrected chi connectivity index (χ3v) is 7.94. The second-order valence-electron chi connectivity index (χ2n) is 11.1. The van der Waals surface area contributed by atoms with Gasteiger partial charge in [-0.2, -0.15) is 0 Å². The van der Waals surface area contributed by atoms with Crippen LogP contribution in [0.2, 0.25) is 0 Å². The molecular weight excluding hydrogens is 424 g/mol. The highest BCUT2D eigenvalue weighted by Gasteiger charge is 2.16. The molecule has 2 fully saturated rings. The third-order valence-electron chi connectivity index (χ3n) is 7.94. The predicted molar refractivity (Wildman–Crippen MR) is 140 cm³/mol. The molecule has 2 aliphatic carbocycles. The highest BCUT2D eigenvalue weighted by atomic mass is 16.5. The first-order valence-corrected chi connectivity index (χ1v) is 15.1. The Morgan fingerprint density at radius 3 is 0.912 bits per heavy atom. The number of ether oxygens (including phenoxy) is 2. The summed E-state index contributed by atoms with van der Waals surface area (Å²) < 4.78 is 11.2. The van der Waals surface area contributed by atoms with Gasteiger partial charge in [0, 0.05) is 0 Å². The van der Waals surface area contributed by atoms with E-state index in [1.807, 2.05) is 0 Å². The highest BCUT2D eigenvalue weighted by molar-refractivity contribution is 5.77. The minimum atomic E-state index is -0.242. The maximum atomic E-state index is 12.3. The van der Waals surface area contributed by atoms with Gasteiger partial charge in [0.1, 0.15) is 0 Å². The van der Waals surface area contributed by atoms with Gasteiger partial charge in [-0.25, -0.2) is 0 Å². The fourth-order valence-corrected chi connectivity index (χ4v) is 5.60. The number of hydrogen-bond acceptors (Lipinski definition) is 4. The average molecular weight is 479 g/mol. The summed E-state index contributed by atoms with van der Waals surface area (Å²) in [5.41, 5.74) is 0.